The first kappa shape index (κ1) is 15.5. The molecule has 0 spiro atoms. The number of urea groups is 1. The Morgan fingerprint density at radius 1 is 1.40 bits per heavy atom. The fraction of sp³-hybridized carbons (Fsp3) is 0.857. The Balaban J connectivity index is 1.73. The van der Waals surface area contributed by atoms with Gasteiger partial charge in [-0.2, -0.15) is 11.8 Å². The number of hydrogen-bond acceptors (Lipinski definition) is 3. The Morgan fingerprint density at radius 2 is 2.00 bits per heavy atom. The lowest BCUT2D eigenvalue weighted by Gasteiger charge is -2.41. The summed E-state index contributed by atoms with van der Waals surface area (Å²) in [5, 5.41) is 12.0. The third-order valence-corrected chi connectivity index (χ3v) is 6.22. The molecule has 2 fully saturated rings. The molecule has 2 aliphatic rings. The molecule has 1 aliphatic carbocycles. The second-order valence-electron chi connectivity index (χ2n) is 6.04. The molecule has 0 bridgehead atoms. The van der Waals surface area contributed by atoms with Gasteiger partial charge < -0.3 is 15.3 Å². The van der Waals surface area contributed by atoms with Crippen LogP contribution in [0.15, 0.2) is 0 Å². The fourth-order valence-corrected chi connectivity index (χ4v) is 3.93. The van der Waals surface area contributed by atoms with Crippen LogP contribution in [-0.4, -0.2) is 52.6 Å². The molecule has 1 heterocycles. The Labute approximate surface area is 124 Å². The molecule has 1 saturated heterocycles. The number of carboxylic acid groups (broad SMARTS) is 1. The molecule has 0 aromatic carbocycles. The standard InChI is InChI=1S/C14H24N2O3S/c1-10(12(17)18)11-7-16(8-11)13(19)15-9-14(20-2)5-3-4-6-14/h10-11H,3-9H2,1-2H3,(H,15,19)(H,17,18). The van der Waals surface area contributed by atoms with Crippen LogP contribution < -0.4 is 5.32 Å². The normalized spacial score (nSPS) is 23.2. The molecule has 0 aromatic rings. The van der Waals surface area contributed by atoms with Crippen LogP contribution in [0.2, 0.25) is 0 Å². The molecule has 1 unspecified atom stereocenters. The van der Waals surface area contributed by atoms with E-state index in [0.29, 0.717) is 13.1 Å². The summed E-state index contributed by atoms with van der Waals surface area (Å²) in [4.78, 5) is 24.6. The SMILES string of the molecule is CSC1(CNC(=O)N2CC(C(C)C(=O)O)C2)CCCC1. The molecule has 0 radical (unpaired) electrons. The lowest BCUT2D eigenvalue weighted by molar-refractivity contribution is -0.144. The third-order valence-electron chi connectivity index (χ3n) is 4.80. The van der Waals surface area contributed by atoms with E-state index in [-0.39, 0.29) is 22.6 Å². The van der Waals surface area contributed by atoms with E-state index in [4.69, 9.17) is 5.11 Å². The molecule has 20 heavy (non-hydrogen) atoms. The van der Waals surface area contributed by atoms with Gasteiger partial charge >= 0.3 is 12.0 Å². The number of carbonyl (C=O) groups excluding carboxylic acids is 1. The molecule has 2 N–H and O–H groups in total. The number of amides is 2. The number of likely N-dealkylation sites (tertiary alicyclic amines) is 1. The zero-order valence-electron chi connectivity index (χ0n) is 12.2. The number of nitrogens with one attached hydrogen (secondary N) is 1. The average Bonchev–Trinajstić information content (AvgIpc) is 2.83. The van der Waals surface area contributed by atoms with Crippen molar-refractivity contribution >= 4 is 23.8 Å². The number of aliphatic carboxylic acids is 1. The van der Waals surface area contributed by atoms with Gasteiger partial charge in [-0.3, -0.25) is 4.79 Å². The number of thioether (sulfide) groups is 1. The number of nitrogens with zero attached hydrogens (tertiary/aromatic N) is 1. The number of rotatable bonds is 5. The molecule has 2 rings (SSSR count). The van der Waals surface area contributed by atoms with Crippen molar-refractivity contribution in [3.8, 4) is 0 Å². The molecule has 5 nitrogen and oxygen atoms in total. The largest absolute Gasteiger partial charge is 0.481 e. The quantitative estimate of drug-likeness (QED) is 0.815. The summed E-state index contributed by atoms with van der Waals surface area (Å²) in [6.45, 7) is 3.56. The van der Waals surface area contributed by atoms with Gasteiger partial charge in [0.2, 0.25) is 0 Å². The summed E-state index contributed by atoms with van der Waals surface area (Å²) in [6.07, 6.45) is 6.96. The molecule has 114 valence electrons. The highest BCUT2D eigenvalue weighted by Gasteiger charge is 2.38. The van der Waals surface area contributed by atoms with Crippen molar-refractivity contribution in [1.29, 1.82) is 0 Å². The van der Waals surface area contributed by atoms with E-state index >= 15 is 0 Å². The first-order valence-electron chi connectivity index (χ1n) is 7.28. The molecule has 1 atom stereocenters. The van der Waals surface area contributed by atoms with Gasteiger partial charge in [0.25, 0.3) is 0 Å². The minimum atomic E-state index is -0.776. The van der Waals surface area contributed by atoms with Crippen molar-refractivity contribution < 1.29 is 14.7 Å². The molecular weight excluding hydrogens is 276 g/mol. The van der Waals surface area contributed by atoms with Gasteiger partial charge in [-0.05, 0) is 19.1 Å². The van der Waals surface area contributed by atoms with Crippen molar-refractivity contribution in [2.45, 2.75) is 37.4 Å². The van der Waals surface area contributed by atoms with E-state index in [9.17, 15) is 9.59 Å². The highest BCUT2D eigenvalue weighted by atomic mass is 32.2. The van der Waals surface area contributed by atoms with Gasteiger partial charge in [-0.1, -0.05) is 19.8 Å². The van der Waals surface area contributed by atoms with Gasteiger partial charge in [0.15, 0.2) is 0 Å². The topological polar surface area (TPSA) is 69.6 Å². The van der Waals surface area contributed by atoms with Crippen molar-refractivity contribution in [1.82, 2.24) is 10.2 Å². The van der Waals surface area contributed by atoms with Crippen LogP contribution in [-0.2, 0) is 4.79 Å². The summed E-state index contributed by atoms with van der Waals surface area (Å²) in [5.41, 5.74) is 0. The van der Waals surface area contributed by atoms with Gasteiger partial charge in [0.1, 0.15) is 0 Å². The highest BCUT2D eigenvalue weighted by Crippen LogP contribution is 2.39. The van der Waals surface area contributed by atoms with E-state index < -0.39 is 5.97 Å². The van der Waals surface area contributed by atoms with Crippen LogP contribution in [0, 0.1) is 11.8 Å². The van der Waals surface area contributed by atoms with Crippen molar-refractivity contribution in [3.05, 3.63) is 0 Å². The van der Waals surface area contributed by atoms with Crippen LogP contribution >= 0.6 is 11.8 Å². The molecule has 1 saturated carbocycles. The van der Waals surface area contributed by atoms with Gasteiger partial charge in [-0.15, -0.1) is 0 Å². The Morgan fingerprint density at radius 3 is 2.50 bits per heavy atom. The first-order valence-corrected chi connectivity index (χ1v) is 8.51. The summed E-state index contributed by atoms with van der Waals surface area (Å²) in [6, 6.07) is -0.0424. The first-order chi connectivity index (χ1) is 9.47. The average molecular weight is 300 g/mol. The van der Waals surface area contributed by atoms with Crippen LogP contribution in [0.4, 0.5) is 4.79 Å². The van der Waals surface area contributed by atoms with E-state index in [1.807, 2.05) is 11.8 Å². The minimum Gasteiger partial charge on any atom is -0.481 e. The third kappa shape index (κ3) is 3.22. The van der Waals surface area contributed by atoms with Crippen LogP contribution in [0.5, 0.6) is 0 Å². The van der Waals surface area contributed by atoms with Crippen molar-refractivity contribution in [3.63, 3.8) is 0 Å². The van der Waals surface area contributed by atoms with Crippen molar-refractivity contribution in [2.75, 3.05) is 25.9 Å². The van der Waals surface area contributed by atoms with Gasteiger partial charge in [-0.25, -0.2) is 4.79 Å². The summed E-state index contributed by atoms with van der Waals surface area (Å²) >= 11 is 1.86. The molecule has 0 aromatic heterocycles. The Bertz CT molecular complexity index is 377. The lowest BCUT2D eigenvalue weighted by Crippen LogP contribution is -2.57. The maximum Gasteiger partial charge on any atom is 0.317 e. The lowest BCUT2D eigenvalue weighted by atomic mass is 9.87. The van der Waals surface area contributed by atoms with Gasteiger partial charge in [0.05, 0.1) is 5.92 Å². The number of carbonyl (C=O) groups is 2. The summed E-state index contributed by atoms with van der Waals surface area (Å²) in [5.74, 6) is -1.05. The smallest absolute Gasteiger partial charge is 0.317 e. The van der Waals surface area contributed by atoms with E-state index in [1.54, 1.807) is 11.8 Å². The summed E-state index contributed by atoms with van der Waals surface area (Å²) < 4.78 is 0.217. The molecule has 1 aliphatic heterocycles. The summed E-state index contributed by atoms with van der Waals surface area (Å²) in [7, 11) is 0. The Hall–Kier alpha value is -0.910. The van der Waals surface area contributed by atoms with Gasteiger partial charge in [0, 0.05) is 30.3 Å². The predicted octanol–water partition coefficient (Wildman–Crippen LogP) is 2.02. The zero-order valence-corrected chi connectivity index (χ0v) is 13.0. The van der Waals surface area contributed by atoms with Crippen LogP contribution in [0.3, 0.4) is 0 Å². The van der Waals surface area contributed by atoms with Crippen LogP contribution in [0.1, 0.15) is 32.6 Å². The van der Waals surface area contributed by atoms with E-state index in [0.717, 1.165) is 6.54 Å². The second kappa shape index (κ2) is 6.24. The Kier molecular flexibility index (Phi) is 4.83. The maximum atomic E-state index is 12.0. The zero-order chi connectivity index (χ0) is 14.8. The van der Waals surface area contributed by atoms with E-state index in [1.165, 1.54) is 25.7 Å². The molecule has 2 amide bonds. The van der Waals surface area contributed by atoms with Crippen molar-refractivity contribution in [2.24, 2.45) is 11.8 Å². The fourth-order valence-electron chi connectivity index (χ4n) is 3.02. The predicted molar refractivity (Wildman–Crippen MR) is 80.0 cm³/mol. The van der Waals surface area contributed by atoms with Crippen LogP contribution in [0.25, 0.3) is 0 Å². The number of carboxylic acids is 1. The number of hydrogen-bond donors (Lipinski definition) is 2. The minimum absolute atomic E-state index is 0.0424. The maximum absolute atomic E-state index is 12.0. The molecular formula is C14H24N2O3S. The second-order valence-corrected chi connectivity index (χ2v) is 7.32. The monoisotopic (exact) mass is 300 g/mol. The van der Waals surface area contributed by atoms with E-state index in [2.05, 4.69) is 11.6 Å². The highest BCUT2D eigenvalue weighted by molar-refractivity contribution is 8.00. The molecule has 6 heteroatoms.